The first kappa shape index (κ1) is 12.4. The van der Waals surface area contributed by atoms with Crippen LogP contribution >= 0.6 is 0 Å². The second kappa shape index (κ2) is 4.49. The van der Waals surface area contributed by atoms with Gasteiger partial charge in [-0.05, 0) is 50.3 Å². The molecule has 3 nitrogen and oxygen atoms in total. The lowest BCUT2D eigenvalue weighted by atomic mass is 9.91. The Balaban J connectivity index is 2.28. The number of rotatable bonds is 2. The minimum atomic E-state index is 0.516. The first-order chi connectivity index (χ1) is 9.11. The zero-order valence-corrected chi connectivity index (χ0v) is 12.0. The van der Waals surface area contributed by atoms with Crippen LogP contribution in [-0.4, -0.2) is 9.78 Å². The Labute approximate surface area is 114 Å². The van der Waals surface area contributed by atoms with Crippen LogP contribution in [0.4, 0.5) is 0 Å². The fourth-order valence-corrected chi connectivity index (χ4v) is 3.39. The maximum Gasteiger partial charge on any atom is 0.0841 e. The second-order valence-corrected chi connectivity index (χ2v) is 5.57. The van der Waals surface area contributed by atoms with Gasteiger partial charge in [0, 0.05) is 24.3 Å². The summed E-state index contributed by atoms with van der Waals surface area (Å²) in [4.78, 5) is 0. The van der Waals surface area contributed by atoms with Gasteiger partial charge in [0.05, 0.1) is 5.69 Å². The molecule has 2 aromatic rings. The van der Waals surface area contributed by atoms with E-state index in [1.54, 1.807) is 0 Å². The summed E-state index contributed by atoms with van der Waals surface area (Å²) in [6.07, 6.45) is 2.32. The van der Waals surface area contributed by atoms with Crippen molar-refractivity contribution in [2.75, 3.05) is 0 Å². The van der Waals surface area contributed by atoms with Crippen LogP contribution in [0, 0.1) is 20.8 Å². The highest BCUT2D eigenvalue weighted by Crippen LogP contribution is 2.36. The van der Waals surface area contributed by atoms with Crippen LogP contribution in [0.25, 0.3) is 11.1 Å². The van der Waals surface area contributed by atoms with E-state index in [1.165, 1.54) is 39.9 Å². The number of hydrogen-bond acceptors (Lipinski definition) is 2. The Morgan fingerprint density at radius 1 is 1.16 bits per heavy atom. The molecule has 1 aromatic carbocycles. The SMILES string of the molecule is Cc1cc(C)c(-c2c(CN)nn3c2CCC3)c(C)c1. The van der Waals surface area contributed by atoms with Crippen molar-refractivity contribution in [3.05, 3.63) is 40.2 Å². The minimum Gasteiger partial charge on any atom is -0.325 e. The molecule has 3 rings (SSSR count). The number of fused-ring (bicyclic) bond motifs is 1. The van der Waals surface area contributed by atoms with Gasteiger partial charge >= 0.3 is 0 Å². The van der Waals surface area contributed by atoms with Crippen LogP contribution < -0.4 is 5.73 Å². The van der Waals surface area contributed by atoms with E-state index < -0.39 is 0 Å². The standard InChI is InChI=1S/C16H21N3/c1-10-7-11(2)15(12(3)8-10)16-13(9-17)18-19-6-4-5-14(16)19/h7-8H,4-6,9,17H2,1-3H3. The van der Waals surface area contributed by atoms with Crippen molar-refractivity contribution in [2.24, 2.45) is 5.73 Å². The molecule has 2 N–H and O–H groups in total. The van der Waals surface area contributed by atoms with E-state index >= 15 is 0 Å². The Morgan fingerprint density at radius 2 is 1.84 bits per heavy atom. The predicted octanol–water partition coefficient (Wildman–Crippen LogP) is 2.88. The van der Waals surface area contributed by atoms with E-state index in [9.17, 15) is 0 Å². The molecular formula is C16H21N3. The molecule has 0 aliphatic carbocycles. The summed E-state index contributed by atoms with van der Waals surface area (Å²) in [6.45, 7) is 8.08. The third kappa shape index (κ3) is 1.89. The number of nitrogens with two attached hydrogens (primary N) is 1. The number of benzene rings is 1. The smallest absolute Gasteiger partial charge is 0.0841 e. The van der Waals surface area contributed by atoms with Crippen LogP contribution in [0.1, 0.15) is 34.5 Å². The summed E-state index contributed by atoms with van der Waals surface area (Å²) in [7, 11) is 0. The van der Waals surface area contributed by atoms with Crippen molar-refractivity contribution < 1.29 is 0 Å². The van der Waals surface area contributed by atoms with Crippen LogP contribution in [0.5, 0.6) is 0 Å². The minimum absolute atomic E-state index is 0.516. The molecule has 0 atom stereocenters. The highest BCUT2D eigenvalue weighted by atomic mass is 15.3. The van der Waals surface area contributed by atoms with E-state index in [4.69, 9.17) is 5.73 Å². The van der Waals surface area contributed by atoms with Gasteiger partial charge in [-0.1, -0.05) is 17.7 Å². The largest absolute Gasteiger partial charge is 0.325 e. The average molecular weight is 255 g/mol. The van der Waals surface area contributed by atoms with Crippen LogP contribution in [-0.2, 0) is 19.5 Å². The molecule has 0 spiro atoms. The monoisotopic (exact) mass is 255 g/mol. The van der Waals surface area contributed by atoms with Gasteiger partial charge in [0.1, 0.15) is 0 Å². The summed E-state index contributed by atoms with van der Waals surface area (Å²) in [5.74, 6) is 0. The van der Waals surface area contributed by atoms with E-state index in [1.807, 2.05) is 0 Å². The molecule has 19 heavy (non-hydrogen) atoms. The maximum absolute atomic E-state index is 5.90. The number of nitrogens with zero attached hydrogens (tertiary/aromatic N) is 2. The molecule has 1 aromatic heterocycles. The van der Waals surface area contributed by atoms with Gasteiger partial charge in [0.25, 0.3) is 0 Å². The molecule has 0 bridgehead atoms. The quantitative estimate of drug-likeness (QED) is 0.896. The molecule has 0 unspecified atom stereocenters. The third-order valence-corrected chi connectivity index (χ3v) is 4.03. The predicted molar refractivity (Wildman–Crippen MR) is 78.1 cm³/mol. The normalized spacial score (nSPS) is 13.9. The van der Waals surface area contributed by atoms with E-state index in [2.05, 4.69) is 42.7 Å². The van der Waals surface area contributed by atoms with E-state index in [0.717, 1.165) is 18.7 Å². The van der Waals surface area contributed by atoms with Crippen LogP contribution in [0.15, 0.2) is 12.1 Å². The first-order valence-electron chi connectivity index (χ1n) is 6.98. The van der Waals surface area contributed by atoms with Crippen molar-refractivity contribution >= 4 is 0 Å². The summed E-state index contributed by atoms with van der Waals surface area (Å²) < 4.78 is 2.15. The van der Waals surface area contributed by atoms with E-state index in [-0.39, 0.29) is 0 Å². The fourth-order valence-electron chi connectivity index (χ4n) is 3.39. The zero-order chi connectivity index (χ0) is 13.6. The van der Waals surface area contributed by atoms with Crippen LogP contribution in [0.3, 0.4) is 0 Å². The van der Waals surface area contributed by atoms with Crippen LogP contribution in [0.2, 0.25) is 0 Å². The van der Waals surface area contributed by atoms with Gasteiger partial charge in [-0.25, -0.2) is 0 Å². The van der Waals surface area contributed by atoms with Crippen molar-refractivity contribution in [3.63, 3.8) is 0 Å². The van der Waals surface area contributed by atoms with Gasteiger partial charge in [0.2, 0.25) is 0 Å². The van der Waals surface area contributed by atoms with E-state index in [0.29, 0.717) is 6.54 Å². The van der Waals surface area contributed by atoms with Gasteiger partial charge in [0.15, 0.2) is 0 Å². The van der Waals surface area contributed by atoms with Crippen molar-refractivity contribution in [2.45, 2.75) is 46.7 Å². The molecule has 2 heterocycles. The Morgan fingerprint density at radius 3 is 2.47 bits per heavy atom. The molecule has 0 amide bonds. The lowest BCUT2D eigenvalue weighted by molar-refractivity contribution is 0.644. The molecule has 1 aliphatic heterocycles. The van der Waals surface area contributed by atoms with Gasteiger partial charge in [-0.15, -0.1) is 0 Å². The fraction of sp³-hybridized carbons (Fsp3) is 0.438. The van der Waals surface area contributed by atoms with Crippen molar-refractivity contribution in [3.8, 4) is 11.1 Å². The molecule has 0 radical (unpaired) electrons. The average Bonchev–Trinajstić information content (AvgIpc) is 2.89. The zero-order valence-electron chi connectivity index (χ0n) is 12.0. The number of aromatic nitrogens is 2. The highest BCUT2D eigenvalue weighted by molar-refractivity contribution is 5.75. The lowest BCUT2D eigenvalue weighted by Gasteiger charge is -2.13. The molecule has 100 valence electrons. The first-order valence-corrected chi connectivity index (χ1v) is 6.98. The summed E-state index contributed by atoms with van der Waals surface area (Å²) in [6, 6.07) is 4.50. The number of hydrogen-bond donors (Lipinski definition) is 1. The van der Waals surface area contributed by atoms with Gasteiger partial charge < -0.3 is 5.73 Å². The lowest BCUT2D eigenvalue weighted by Crippen LogP contribution is -2.02. The molecule has 3 heteroatoms. The Kier molecular flexibility index (Phi) is 2.94. The highest BCUT2D eigenvalue weighted by Gasteiger charge is 2.24. The molecule has 0 fully saturated rings. The molecular weight excluding hydrogens is 234 g/mol. The van der Waals surface area contributed by atoms with Crippen molar-refractivity contribution in [1.82, 2.24) is 9.78 Å². The topological polar surface area (TPSA) is 43.8 Å². The summed E-state index contributed by atoms with van der Waals surface area (Å²) in [5, 5.41) is 4.68. The Hall–Kier alpha value is -1.61. The molecule has 0 saturated heterocycles. The molecule has 1 aliphatic rings. The third-order valence-electron chi connectivity index (χ3n) is 4.03. The summed E-state index contributed by atoms with van der Waals surface area (Å²) in [5.41, 5.74) is 14.9. The Bertz CT molecular complexity index is 615. The molecule has 0 saturated carbocycles. The summed E-state index contributed by atoms with van der Waals surface area (Å²) >= 11 is 0. The van der Waals surface area contributed by atoms with Gasteiger partial charge in [-0.2, -0.15) is 5.10 Å². The van der Waals surface area contributed by atoms with Crippen molar-refractivity contribution in [1.29, 1.82) is 0 Å². The maximum atomic E-state index is 5.90. The number of aryl methyl sites for hydroxylation is 4. The van der Waals surface area contributed by atoms with Gasteiger partial charge in [-0.3, -0.25) is 4.68 Å². The second-order valence-electron chi connectivity index (χ2n) is 5.57.